The van der Waals surface area contributed by atoms with Crippen molar-refractivity contribution in [2.24, 2.45) is 0 Å². The molecule has 1 aromatic rings. The summed E-state index contributed by atoms with van der Waals surface area (Å²) >= 11 is 0. The maximum Gasteiger partial charge on any atom is 0.133 e. The van der Waals surface area contributed by atoms with Gasteiger partial charge in [-0.2, -0.15) is 5.26 Å². The smallest absolute Gasteiger partial charge is 0.133 e. The SMILES string of the molecule is N#Cc1cccc([C@@H]2CCC(=O)C2)c1. The van der Waals surface area contributed by atoms with Gasteiger partial charge in [0.1, 0.15) is 5.78 Å². The molecule has 1 aliphatic rings. The van der Waals surface area contributed by atoms with Gasteiger partial charge in [-0.3, -0.25) is 4.79 Å². The highest BCUT2D eigenvalue weighted by atomic mass is 16.1. The molecular formula is C12H11NO. The van der Waals surface area contributed by atoms with E-state index >= 15 is 0 Å². The molecule has 70 valence electrons. The molecule has 0 spiro atoms. The first-order chi connectivity index (χ1) is 6.79. The van der Waals surface area contributed by atoms with Gasteiger partial charge in [0.2, 0.25) is 0 Å². The standard InChI is InChI=1S/C12H11NO/c13-8-9-2-1-3-10(6-9)11-4-5-12(14)7-11/h1-3,6,11H,4-5,7H2/t11-/m1/s1. The molecule has 2 heteroatoms. The molecule has 0 N–H and O–H groups in total. The molecule has 1 saturated carbocycles. The Labute approximate surface area is 83.2 Å². The Morgan fingerprint density at radius 2 is 2.29 bits per heavy atom. The van der Waals surface area contributed by atoms with Crippen molar-refractivity contribution in [3.63, 3.8) is 0 Å². The Hall–Kier alpha value is -1.62. The molecule has 0 amide bonds. The number of carbonyl (C=O) groups is 1. The Morgan fingerprint density at radius 3 is 2.93 bits per heavy atom. The summed E-state index contributed by atoms with van der Waals surface area (Å²) in [5, 5.41) is 8.74. The summed E-state index contributed by atoms with van der Waals surface area (Å²) in [7, 11) is 0. The molecule has 2 nitrogen and oxygen atoms in total. The third kappa shape index (κ3) is 1.67. The fourth-order valence-electron chi connectivity index (χ4n) is 1.96. The quantitative estimate of drug-likeness (QED) is 0.674. The number of hydrogen-bond acceptors (Lipinski definition) is 2. The van der Waals surface area contributed by atoms with E-state index in [1.807, 2.05) is 18.2 Å². The second kappa shape index (κ2) is 3.63. The van der Waals surface area contributed by atoms with Crippen molar-refractivity contribution in [2.75, 3.05) is 0 Å². The van der Waals surface area contributed by atoms with Gasteiger partial charge < -0.3 is 0 Å². The summed E-state index contributed by atoms with van der Waals surface area (Å²) in [6.45, 7) is 0. The molecule has 0 radical (unpaired) electrons. The number of rotatable bonds is 1. The molecule has 0 heterocycles. The minimum Gasteiger partial charge on any atom is -0.300 e. The molecule has 0 aliphatic heterocycles. The topological polar surface area (TPSA) is 40.9 Å². The van der Waals surface area contributed by atoms with Gasteiger partial charge in [0.05, 0.1) is 11.6 Å². The minimum absolute atomic E-state index is 0.343. The van der Waals surface area contributed by atoms with E-state index in [4.69, 9.17) is 5.26 Å². The van der Waals surface area contributed by atoms with Crippen molar-refractivity contribution >= 4 is 5.78 Å². The zero-order chi connectivity index (χ0) is 9.97. The van der Waals surface area contributed by atoms with Gasteiger partial charge >= 0.3 is 0 Å². The van der Waals surface area contributed by atoms with E-state index in [0.717, 1.165) is 12.0 Å². The van der Waals surface area contributed by atoms with Crippen molar-refractivity contribution in [2.45, 2.75) is 25.2 Å². The highest BCUT2D eigenvalue weighted by molar-refractivity contribution is 5.81. The summed E-state index contributed by atoms with van der Waals surface area (Å²) < 4.78 is 0. The molecule has 0 unspecified atom stereocenters. The average Bonchev–Trinajstić information content (AvgIpc) is 2.65. The monoisotopic (exact) mass is 185 g/mol. The van der Waals surface area contributed by atoms with Crippen molar-refractivity contribution in [1.29, 1.82) is 5.26 Å². The number of ketones is 1. The van der Waals surface area contributed by atoms with Crippen LogP contribution in [0.15, 0.2) is 24.3 Å². The Balaban J connectivity index is 2.24. The predicted octanol–water partition coefficient (Wildman–Crippen LogP) is 2.39. The number of nitriles is 1. The van der Waals surface area contributed by atoms with Gasteiger partial charge in [-0.1, -0.05) is 12.1 Å². The average molecular weight is 185 g/mol. The number of hydrogen-bond donors (Lipinski definition) is 0. The molecule has 1 atom stereocenters. The predicted molar refractivity (Wildman–Crippen MR) is 52.8 cm³/mol. The van der Waals surface area contributed by atoms with Gasteiger partial charge in [0.25, 0.3) is 0 Å². The van der Waals surface area contributed by atoms with Crippen LogP contribution in [0.1, 0.15) is 36.3 Å². The third-order valence-corrected chi connectivity index (χ3v) is 2.73. The van der Waals surface area contributed by atoms with Gasteiger partial charge in [0.15, 0.2) is 0 Å². The van der Waals surface area contributed by atoms with E-state index in [0.29, 0.717) is 30.1 Å². The highest BCUT2D eigenvalue weighted by Gasteiger charge is 2.23. The van der Waals surface area contributed by atoms with E-state index in [1.165, 1.54) is 0 Å². The molecule has 0 aromatic heterocycles. The summed E-state index contributed by atoms with van der Waals surface area (Å²) in [6, 6.07) is 9.69. The van der Waals surface area contributed by atoms with Crippen LogP contribution in [-0.2, 0) is 4.79 Å². The maximum absolute atomic E-state index is 11.1. The van der Waals surface area contributed by atoms with Crippen LogP contribution in [0.5, 0.6) is 0 Å². The van der Waals surface area contributed by atoms with E-state index < -0.39 is 0 Å². The number of benzene rings is 1. The lowest BCUT2D eigenvalue weighted by molar-refractivity contribution is -0.117. The Kier molecular flexibility index (Phi) is 2.32. The third-order valence-electron chi connectivity index (χ3n) is 2.73. The molecule has 0 bridgehead atoms. The van der Waals surface area contributed by atoms with E-state index in [1.54, 1.807) is 6.07 Å². The lowest BCUT2D eigenvalue weighted by Crippen LogP contribution is -1.94. The van der Waals surface area contributed by atoms with E-state index in [2.05, 4.69) is 6.07 Å². The molecule has 1 aromatic carbocycles. The van der Waals surface area contributed by atoms with E-state index in [-0.39, 0.29) is 0 Å². The van der Waals surface area contributed by atoms with Crippen LogP contribution in [0.3, 0.4) is 0 Å². The first-order valence-corrected chi connectivity index (χ1v) is 4.81. The molecular weight excluding hydrogens is 174 g/mol. The molecule has 0 saturated heterocycles. The largest absolute Gasteiger partial charge is 0.300 e. The second-order valence-corrected chi connectivity index (χ2v) is 3.72. The summed E-state index contributed by atoms with van der Waals surface area (Å²) in [5.41, 5.74) is 1.82. The number of Topliss-reactive ketones (excluding diaryl/α,β-unsaturated/α-hetero) is 1. The summed E-state index contributed by atoms with van der Waals surface area (Å²) in [6.07, 6.45) is 2.28. The number of nitrogens with zero attached hydrogens (tertiary/aromatic N) is 1. The second-order valence-electron chi connectivity index (χ2n) is 3.72. The van der Waals surface area contributed by atoms with Crippen LogP contribution >= 0.6 is 0 Å². The van der Waals surface area contributed by atoms with Crippen molar-refractivity contribution < 1.29 is 4.79 Å². The molecule has 1 aliphatic carbocycles. The zero-order valence-electron chi connectivity index (χ0n) is 7.86. The first-order valence-electron chi connectivity index (χ1n) is 4.81. The lowest BCUT2D eigenvalue weighted by Gasteiger charge is -2.07. The molecule has 1 fully saturated rings. The maximum atomic E-state index is 11.1. The molecule has 2 rings (SSSR count). The minimum atomic E-state index is 0.343. The van der Waals surface area contributed by atoms with Crippen molar-refractivity contribution in [3.8, 4) is 6.07 Å². The fraction of sp³-hybridized carbons (Fsp3) is 0.333. The van der Waals surface area contributed by atoms with Crippen molar-refractivity contribution in [3.05, 3.63) is 35.4 Å². The fourth-order valence-corrected chi connectivity index (χ4v) is 1.96. The van der Waals surface area contributed by atoms with Crippen molar-refractivity contribution in [1.82, 2.24) is 0 Å². The number of carbonyl (C=O) groups excluding carboxylic acids is 1. The first kappa shape index (κ1) is 8.96. The highest BCUT2D eigenvalue weighted by Crippen LogP contribution is 2.32. The van der Waals surface area contributed by atoms with Crippen LogP contribution in [0.25, 0.3) is 0 Å². The van der Waals surface area contributed by atoms with Gasteiger partial charge in [-0.05, 0) is 30.0 Å². The van der Waals surface area contributed by atoms with Crippen LogP contribution in [0.4, 0.5) is 0 Å². The van der Waals surface area contributed by atoms with Crippen LogP contribution in [0, 0.1) is 11.3 Å². The van der Waals surface area contributed by atoms with Gasteiger partial charge in [-0.15, -0.1) is 0 Å². The Morgan fingerprint density at radius 1 is 1.43 bits per heavy atom. The zero-order valence-corrected chi connectivity index (χ0v) is 7.86. The van der Waals surface area contributed by atoms with Crippen LogP contribution in [-0.4, -0.2) is 5.78 Å². The normalized spacial score (nSPS) is 20.8. The van der Waals surface area contributed by atoms with Gasteiger partial charge in [0, 0.05) is 12.8 Å². The molecule has 14 heavy (non-hydrogen) atoms. The van der Waals surface area contributed by atoms with Crippen LogP contribution < -0.4 is 0 Å². The van der Waals surface area contributed by atoms with E-state index in [9.17, 15) is 4.79 Å². The Bertz CT molecular complexity index is 403. The van der Waals surface area contributed by atoms with Crippen LogP contribution in [0.2, 0.25) is 0 Å². The lowest BCUT2D eigenvalue weighted by atomic mass is 9.96. The summed E-state index contributed by atoms with van der Waals surface area (Å²) in [4.78, 5) is 11.1. The summed E-state index contributed by atoms with van der Waals surface area (Å²) in [5.74, 6) is 0.688. The van der Waals surface area contributed by atoms with Gasteiger partial charge in [-0.25, -0.2) is 0 Å².